The molecule has 1 aliphatic heterocycles. The zero-order valence-corrected chi connectivity index (χ0v) is 17.6. The standard InChI is InChI=1S/C18H35NO4Si/c1-9-24(10-2,11-3)23-15-14(12-13(4)5)19(16(15)20)17(21)22-18(6,7)8/h13-15H,9-12H2,1-8H3/t14-,15+/m0/s1. The van der Waals surface area contributed by atoms with E-state index in [1.165, 1.54) is 4.90 Å². The highest BCUT2D eigenvalue weighted by molar-refractivity contribution is 6.73. The molecule has 1 saturated heterocycles. The number of hydrogen-bond acceptors (Lipinski definition) is 4. The Bertz CT molecular complexity index is 446. The maximum atomic E-state index is 12.6. The smallest absolute Gasteiger partial charge is 0.417 e. The third-order valence-electron chi connectivity index (χ3n) is 4.78. The normalized spacial score (nSPS) is 21.9. The second kappa shape index (κ2) is 8.00. The monoisotopic (exact) mass is 357 g/mol. The van der Waals surface area contributed by atoms with E-state index in [0.717, 1.165) is 24.6 Å². The molecular weight excluding hydrogens is 322 g/mol. The average Bonchev–Trinajstić information content (AvgIpc) is 2.46. The Morgan fingerprint density at radius 3 is 2.04 bits per heavy atom. The fourth-order valence-electron chi connectivity index (χ4n) is 3.17. The molecule has 24 heavy (non-hydrogen) atoms. The second-order valence-electron chi connectivity index (χ2n) is 8.17. The van der Waals surface area contributed by atoms with Crippen molar-refractivity contribution >= 4 is 20.3 Å². The highest BCUT2D eigenvalue weighted by Crippen LogP contribution is 2.35. The lowest BCUT2D eigenvalue weighted by molar-refractivity contribution is -0.162. The van der Waals surface area contributed by atoms with Crippen LogP contribution < -0.4 is 0 Å². The van der Waals surface area contributed by atoms with E-state index in [-0.39, 0.29) is 11.9 Å². The zero-order chi connectivity index (χ0) is 18.7. The van der Waals surface area contributed by atoms with E-state index in [0.29, 0.717) is 5.92 Å². The minimum Gasteiger partial charge on any atom is -0.443 e. The van der Waals surface area contributed by atoms with Gasteiger partial charge in [-0.05, 0) is 51.2 Å². The van der Waals surface area contributed by atoms with Gasteiger partial charge in [0.15, 0.2) is 8.32 Å². The second-order valence-corrected chi connectivity index (χ2v) is 12.9. The first-order valence-electron chi connectivity index (χ1n) is 9.24. The van der Waals surface area contributed by atoms with Crippen LogP contribution in [0.2, 0.25) is 18.1 Å². The molecule has 0 aromatic heterocycles. The van der Waals surface area contributed by atoms with Crippen molar-refractivity contribution in [2.45, 2.75) is 97.7 Å². The summed E-state index contributed by atoms with van der Waals surface area (Å²) in [5, 5.41) is 0. The largest absolute Gasteiger partial charge is 0.443 e. The summed E-state index contributed by atoms with van der Waals surface area (Å²) >= 11 is 0. The Hall–Kier alpha value is -0.883. The number of imide groups is 1. The van der Waals surface area contributed by atoms with Gasteiger partial charge >= 0.3 is 6.09 Å². The van der Waals surface area contributed by atoms with Crippen molar-refractivity contribution in [2.75, 3.05) is 0 Å². The van der Waals surface area contributed by atoms with Crippen LogP contribution >= 0.6 is 0 Å². The molecule has 0 aromatic carbocycles. The lowest BCUT2D eigenvalue weighted by atomic mass is 9.90. The SMILES string of the molecule is CC[Si](CC)(CC)O[C@H]1C(=O)N(C(=O)OC(C)(C)C)[C@H]1CC(C)C. The molecule has 1 fully saturated rings. The van der Waals surface area contributed by atoms with Crippen LogP contribution in [-0.4, -0.2) is 43.0 Å². The molecule has 0 aliphatic carbocycles. The van der Waals surface area contributed by atoms with Crippen LogP contribution in [0.15, 0.2) is 0 Å². The van der Waals surface area contributed by atoms with Gasteiger partial charge in [0.1, 0.15) is 11.7 Å². The Balaban J connectivity index is 2.95. The highest BCUT2D eigenvalue weighted by atomic mass is 28.4. The molecule has 140 valence electrons. The quantitative estimate of drug-likeness (QED) is 0.495. The first-order chi connectivity index (χ1) is 11.0. The van der Waals surface area contributed by atoms with Crippen LogP contribution in [0, 0.1) is 5.92 Å². The van der Waals surface area contributed by atoms with E-state index in [1.807, 2.05) is 20.8 Å². The van der Waals surface area contributed by atoms with E-state index < -0.39 is 26.1 Å². The number of likely N-dealkylation sites (tertiary alicyclic amines) is 1. The summed E-state index contributed by atoms with van der Waals surface area (Å²) in [5.41, 5.74) is -0.611. The molecule has 1 heterocycles. The molecule has 0 aromatic rings. The fraction of sp³-hybridized carbons (Fsp3) is 0.889. The van der Waals surface area contributed by atoms with Crippen molar-refractivity contribution in [3.63, 3.8) is 0 Å². The molecule has 0 N–H and O–H groups in total. The molecule has 5 nitrogen and oxygen atoms in total. The van der Waals surface area contributed by atoms with Crippen molar-refractivity contribution in [1.82, 2.24) is 4.90 Å². The third-order valence-corrected chi connectivity index (χ3v) is 9.39. The minimum atomic E-state index is -1.90. The van der Waals surface area contributed by atoms with Crippen LogP contribution in [-0.2, 0) is 14.0 Å². The van der Waals surface area contributed by atoms with E-state index in [4.69, 9.17) is 9.16 Å². The lowest BCUT2D eigenvalue weighted by Crippen LogP contribution is -2.70. The predicted molar refractivity (Wildman–Crippen MR) is 98.4 cm³/mol. The summed E-state index contributed by atoms with van der Waals surface area (Å²) in [7, 11) is -1.90. The first-order valence-corrected chi connectivity index (χ1v) is 11.8. The van der Waals surface area contributed by atoms with Crippen LogP contribution in [0.3, 0.4) is 0 Å². The van der Waals surface area contributed by atoms with E-state index in [2.05, 4.69) is 34.6 Å². The number of rotatable bonds is 7. The molecule has 0 radical (unpaired) electrons. The first kappa shape index (κ1) is 21.2. The van der Waals surface area contributed by atoms with Crippen molar-refractivity contribution in [3.05, 3.63) is 0 Å². The van der Waals surface area contributed by atoms with Crippen LogP contribution in [0.4, 0.5) is 4.79 Å². The molecule has 2 atom stereocenters. The summed E-state index contributed by atoms with van der Waals surface area (Å²) in [6, 6.07) is 2.77. The zero-order valence-electron chi connectivity index (χ0n) is 16.6. The van der Waals surface area contributed by atoms with Gasteiger partial charge in [-0.25, -0.2) is 9.69 Å². The molecule has 0 saturated carbocycles. The van der Waals surface area contributed by atoms with Gasteiger partial charge in [-0.15, -0.1) is 0 Å². The number of carbonyl (C=O) groups excluding carboxylic acids is 2. The molecule has 0 spiro atoms. The number of ether oxygens (including phenoxy) is 1. The Morgan fingerprint density at radius 2 is 1.67 bits per heavy atom. The maximum Gasteiger partial charge on any atom is 0.417 e. The number of carbonyl (C=O) groups is 2. The average molecular weight is 358 g/mol. The van der Waals surface area contributed by atoms with Gasteiger partial charge in [-0.1, -0.05) is 34.6 Å². The van der Waals surface area contributed by atoms with Crippen LogP contribution in [0.1, 0.15) is 61.8 Å². The van der Waals surface area contributed by atoms with Crippen LogP contribution in [0.5, 0.6) is 0 Å². The van der Waals surface area contributed by atoms with Gasteiger partial charge in [0.25, 0.3) is 5.91 Å². The van der Waals surface area contributed by atoms with Gasteiger partial charge in [0.2, 0.25) is 0 Å². The van der Waals surface area contributed by atoms with E-state index in [9.17, 15) is 9.59 Å². The number of nitrogens with zero attached hydrogens (tertiary/aromatic N) is 1. The van der Waals surface area contributed by atoms with Crippen molar-refractivity contribution < 1.29 is 18.8 Å². The molecule has 6 heteroatoms. The number of hydrogen-bond donors (Lipinski definition) is 0. The van der Waals surface area contributed by atoms with Gasteiger partial charge in [-0.3, -0.25) is 4.79 Å². The number of β-lactam (4-membered cyclic amide) rings is 1. The lowest BCUT2D eigenvalue weighted by Gasteiger charge is -2.49. The summed E-state index contributed by atoms with van der Waals surface area (Å²) in [6.07, 6.45) is -0.279. The Labute approximate surface area is 148 Å². The summed E-state index contributed by atoms with van der Waals surface area (Å²) < 4.78 is 11.8. The molecule has 1 rings (SSSR count). The minimum absolute atomic E-state index is 0.205. The fourth-order valence-corrected chi connectivity index (χ4v) is 5.96. The van der Waals surface area contributed by atoms with Crippen molar-refractivity contribution in [2.24, 2.45) is 5.92 Å². The molecule has 1 aliphatic rings. The van der Waals surface area contributed by atoms with Gasteiger partial charge in [0, 0.05) is 0 Å². The highest BCUT2D eigenvalue weighted by Gasteiger charge is 2.55. The Morgan fingerprint density at radius 1 is 1.17 bits per heavy atom. The molecule has 0 unspecified atom stereocenters. The van der Waals surface area contributed by atoms with Gasteiger partial charge in [-0.2, -0.15) is 0 Å². The van der Waals surface area contributed by atoms with Crippen LogP contribution in [0.25, 0.3) is 0 Å². The molecule has 0 bridgehead atoms. The third kappa shape index (κ3) is 4.82. The van der Waals surface area contributed by atoms with Gasteiger partial charge in [0.05, 0.1) is 6.04 Å². The maximum absolute atomic E-state index is 12.6. The number of amides is 2. The van der Waals surface area contributed by atoms with E-state index >= 15 is 0 Å². The summed E-state index contributed by atoms with van der Waals surface area (Å²) in [4.78, 5) is 26.3. The summed E-state index contributed by atoms with van der Waals surface area (Å²) in [6.45, 7) is 16.0. The topological polar surface area (TPSA) is 55.8 Å². The van der Waals surface area contributed by atoms with E-state index in [1.54, 1.807) is 0 Å². The van der Waals surface area contributed by atoms with Gasteiger partial charge < -0.3 is 9.16 Å². The molecular formula is C18H35NO4Si. The molecule has 2 amide bonds. The van der Waals surface area contributed by atoms with Crippen molar-refractivity contribution in [3.8, 4) is 0 Å². The summed E-state index contributed by atoms with van der Waals surface area (Å²) in [5.74, 6) is 0.141. The van der Waals surface area contributed by atoms with Crippen molar-refractivity contribution in [1.29, 1.82) is 0 Å². The Kier molecular flexibility index (Phi) is 7.05. The predicted octanol–water partition coefficient (Wildman–Crippen LogP) is 4.57.